The zero-order valence-electron chi connectivity index (χ0n) is 16.5. The van der Waals surface area contributed by atoms with E-state index in [2.05, 4.69) is 40.2 Å². The van der Waals surface area contributed by atoms with E-state index in [1.165, 1.54) is 18.4 Å². The Morgan fingerprint density at radius 2 is 1.93 bits per heavy atom. The Labute approximate surface area is 165 Å². The molecule has 0 N–H and O–H groups in total. The van der Waals surface area contributed by atoms with E-state index in [4.69, 9.17) is 14.0 Å². The van der Waals surface area contributed by atoms with Crippen LogP contribution < -0.4 is 9.47 Å². The predicted octanol–water partition coefficient (Wildman–Crippen LogP) is 4.23. The second-order valence-corrected chi connectivity index (χ2v) is 7.20. The quantitative estimate of drug-likeness (QED) is 0.584. The van der Waals surface area contributed by atoms with E-state index >= 15 is 0 Å². The van der Waals surface area contributed by atoms with Crippen molar-refractivity contribution in [2.24, 2.45) is 0 Å². The molecule has 1 heterocycles. The van der Waals surface area contributed by atoms with Crippen LogP contribution in [0.4, 0.5) is 0 Å². The molecule has 0 aliphatic heterocycles. The number of aromatic nitrogens is 2. The van der Waals surface area contributed by atoms with Crippen LogP contribution in [-0.4, -0.2) is 35.3 Å². The molecule has 0 saturated heterocycles. The van der Waals surface area contributed by atoms with Gasteiger partial charge in [-0.3, -0.25) is 4.90 Å². The Hall–Kier alpha value is -2.86. The molecule has 0 spiro atoms. The van der Waals surface area contributed by atoms with Gasteiger partial charge in [-0.15, -0.1) is 0 Å². The normalized spacial score (nSPS) is 13.7. The summed E-state index contributed by atoms with van der Waals surface area (Å²) in [5, 5.41) is 4.17. The van der Waals surface area contributed by atoms with Gasteiger partial charge in [-0.1, -0.05) is 35.0 Å². The average molecular weight is 379 g/mol. The summed E-state index contributed by atoms with van der Waals surface area (Å²) in [4.78, 5) is 6.99. The molecule has 6 heteroatoms. The second kappa shape index (κ2) is 8.02. The van der Waals surface area contributed by atoms with Crippen LogP contribution in [0.15, 0.2) is 47.0 Å². The van der Waals surface area contributed by atoms with E-state index < -0.39 is 0 Å². The minimum absolute atomic E-state index is 0.543. The lowest BCUT2D eigenvalue weighted by molar-refractivity contribution is 0.207. The van der Waals surface area contributed by atoms with Crippen LogP contribution in [0.25, 0.3) is 11.4 Å². The van der Waals surface area contributed by atoms with E-state index in [9.17, 15) is 0 Å². The Morgan fingerprint density at radius 3 is 2.64 bits per heavy atom. The molecule has 146 valence electrons. The van der Waals surface area contributed by atoms with Gasteiger partial charge in [-0.05, 0) is 31.9 Å². The van der Waals surface area contributed by atoms with Crippen molar-refractivity contribution >= 4 is 0 Å². The van der Waals surface area contributed by atoms with Crippen molar-refractivity contribution in [1.29, 1.82) is 0 Å². The maximum atomic E-state index is 5.55. The summed E-state index contributed by atoms with van der Waals surface area (Å²) >= 11 is 0. The molecule has 4 rings (SSSR count). The Bertz CT molecular complexity index is 950. The lowest BCUT2D eigenvalue weighted by atomic mass is 10.1. The highest BCUT2D eigenvalue weighted by Crippen LogP contribution is 2.33. The summed E-state index contributed by atoms with van der Waals surface area (Å²) in [6.45, 7) is 3.44. The summed E-state index contributed by atoms with van der Waals surface area (Å²) in [6, 6.07) is 14.6. The zero-order valence-corrected chi connectivity index (χ0v) is 16.5. The number of hydrogen-bond donors (Lipinski definition) is 0. The minimum atomic E-state index is 0.543. The standard InChI is InChI=1S/C22H25N3O3/c1-15-5-4-6-16(11-15)22-23-21(28-24-22)14-25(18-8-9-18)13-17-7-10-19(26-2)12-20(17)27-3/h4-7,10-12,18H,8-9,13-14H2,1-3H3. The summed E-state index contributed by atoms with van der Waals surface area (Å²) in [5.41, 5.74) is 3.27. The average Bonchev–Trinajstić information content (AvgIpc) is 3.46. The van der Waals surface area contributed by atoms with E-state index in [1.54, 1.807) is 14.2 Å². The topological polar surface area (TPSA) is 60.6 Å². The molecule has 0 radical (unpaired) electrons. The van der Waals surface area contributed by atoms with Crippen molar-refractivity contribution in [3.63, 3.8) is 0 Å². The molecule has 1 fully saturated rings. The Morgan fingerprint density at radius 1 is 1.07 bits per heavy atom. The molecule has 1 saturated carbocycles. The molecule has 1 aliphatic rings. The number of methoxy groups -OCH3 is 2. The van der Waals surface area contributed by atoms with Gasteiger partial charge in [0.2, 0.25) is 11.7 Å². The van der Waals surface area contributed by atoms with Crippen molar-refractivity contribution in [1.82, 2.24) is 15.0 Å². The molecule has 0 bridgehead atoms. The van der Waals surface area contributed by atoms with Gasteiger partial charge in [0.1, 0.15) is 11.5 Å². The SMILES string of the molecule is COc1ccc(CN(Cc2nc(-c3cccc(C)c3)no2)C2CC2)c(OC)c1. The first-order chi connectivity index (χ1) is 13.7. The summed E-state index contributed by atoms with van der Waals surface area (Å²) in [6.07, 6.45) is 2.38. The van der Waals surface area contributed by atoms with Gasteiger partial charge >= 0.3 is 0 Å². The predicted molar refractivity (Wildman–Crippen MR) is 106 cm³/mol. The van der Waals surface area contributed by atoms with Gasteiger partial charge in [-0.2, -0.15) is 4.98 Å². The molecular weight excluding hydrogens is 354 g/mol. The second-order valence-electron chi connectivity index (χ2n) is 7.20. The lowest BCUT2D eigenvalue weighted by Crippen LogP contribution is -2.25. The highest BCUT2D eigenvalue weighted by molar-refractivity contribution is 5.55. The monoisotopic (exact) mass is 379 g/mol. The molecule has 28 heavy (non-hydrogen) atoms. The number of benzene rings is 2. The lowest BCUT2D eigenvalue weighted by Gasteiger charge is -2.21. The van der Waals surface area contributed by atoms with Crippen molar-refractivity contribution in [3.05, 3.63) is 59.5 Å². The van der Waals surface area contributed by atoms with Crippen molar-refractivity contribution < 1.29 is 14.0 Å². The van der Waals surface area contributed by atoms with Gasteiger partial charge in [-0.25, -0.2) is 0 Å². The molecule has 0 unspecified atom stereocenters. The Balaban J connectivity index is 1.51. The highest BCUT2D eigenvalue weighted by Gasteiger charge is 2.31. The molecule has 2 aromatic carbocycles. The number of aryl methyl sites for hydroxylation is 1. The third kappa shape index (κ3) is 4.17. The van der Waals surface area contributed by atoms with E-state index in [0.717, 1.165) is 29.2 Å². The highest BCUT2D eigenvalue weighted by atomic mass is 16.5. The fourth-order valence-corrected chi connectivity index (χ4v) is 3.35. The molecule has 1 aromatic heterocycles. The van der Waals surface area contributed by atoms with Crippen LogP contribution in [0.1, 0.15) is 29.9 Å². The summed E-state index contributed by atoms with van der Waals surface area (Å²) in [7, 11) is 3.35. The van der Waals surface area contributed by atoms with Crippen LogP contribution >= 0.6 is 0 Å². The third-order valence-corrected chi connectivity index (χ3v) is 5.01. The van der Waals surface area contributed by atoms with Gasteiger partial charge in [0.05, 0.1) is 20.8 Å². The summed E-state index contributed by atoms with van der Waals surface area (Å²) < 4.78 is 16.4. The smallest absolute Gasteiger partial charge is 0.241 e. The molecule has 6 nitrogen and oxygen atoms in total. The molecule has 0 atom stereocenters. The van der Waals surface area contributed by atoms with E-state index in [0.29, 0.717) is 24.3 Å². The molecular formula is C22H25N3O3. The third-order valence-electron chi connectivity index (χ3n) is 5.01. The first-order valence-electron chi connectivity index (χ1n) is 9.51. The van der Waals surface area contributed by atoms with Gasteiger partial charge in [0, 0.05) is 29.8 Å². The van der Waals surface area contributed by atoms with Gasteiger partial charge < -0.3 is 14.0 Å². The van der Waals surface area contributed by atoms with Gasteiger partial charge in [0.15, 0.2) is 0 Å². The zero-order chi connectivity index (χ0) is 19.5. The maximum Gasteiger partial charge on any atom is 0.241 e. The fraction of sp³-hybridized carbons (Fsp3) is 0.364. The van der Waals surface area contributed by atoms with Crippen LogP contribution in [0.5, 0.6) is 11.5 Å². The minimum Gasteiger partial charge on any atom is -0.497 e. The number of ether oxygens (including phenoxy) is 2. The van der Waals surface area contributed by atoms with Crippen LogP contribution in [0, 0.1) is 6.92 Å². The molecule has 1 aliphatic carbocycles. The molecule has 0 amide bonds. The van der Waals surface area contributed by atoms with Gasteiger partial charge in [0.25, 0.3) is 0 Å². The van der Waals surface area contributed by atoms with E-state index in [-0.39, 0.29) is 0 Å². The van der Waals surface area contributed by atoms with Crippen molar-refractivity contribution in [2.75, 3.05) is 14.2 Å². The maximum absolute atomic E-state index is 5.55. The van der Waals surface area contributed by atoms with E-state index in [1.807, 2.05) is 24.3 Å². The first-order valence-corrected chi connectivity index (χ1v) is 9.51. The largest absolute Gasteiger partial charge is 0.497 e. The molecule has 3 aromatic rings. The van der Waals surface area contributed by atoms with Crippen LogP contribution in [-0.2, 0) is 13.1 Å². The van der Waals surface area contributed by atoms with Crippen LogP contribution in [0.2, 0.25) is 0 Å². The Kier molecular flexibility index (Phi) is 5.30. The first kappa shape index (κ1) is 18.5. The number of nitrogens with zero attached hydrogens (tertiary/aromatic N) is 3. The number of hydrogen-bond acceptors (Lipinski definition) is 6. The number of rotatable bonds is 8. The van der Waals surface area contributed by atoms with Crippen molar-refractivity contribution in [3.8, 4) is 22.9 Å². The fourth-order valence-electron chi connectivity index (χ4n) is 3.35. The summed E-state index contributed by atoms with van der Waals surface area (Å²) in [5.74, 6) is 2.89. The van der Waals surface area contributed by atoms with Crippen LogP contribution in [0.3, 0.4) is 0 Å². The van der Waals surface area contributed by atoms with Crippen molar-refractivity contribution in [2.45, 2.75) is 38.9 Å².